The van der Waals surface area contributed by atoms with Crippen LogP contribution in [0.3, 0.4) is 0 Å². The van der Waals surface area contributed by atoms with Crippen LogP contribution in [-0.4, -0.2) is 8.41 Å². The van der Waals surface area contributed by atoms with E-state index in [0.29, 0.717) is 0 Å². The maximum atomic E-state index is 3.69. The van der Waals surface area contributed by atoms with Crippen LogP contribution in [0.5, 0.6) is 0 Å². The molecular weight excluding hydrogens is 399 g/mol. The number of hydrogen-bond acceptors (Lipinski definition) is 0. The minimum Gasteiger partial charge on any atom is -1.00 e. The van der Waals surface area contributed by atoms with Crippen molar-refractivity contribution in [2.75, 3.05) is 0 Å². The molecule has 0 nitrogen and oxygen atoms in total. The van der Waals surface area contributed by atoms with Gasteiger partial charge in [0.05, 0.1) is 0 Å². The molecule has 0 fully saturated rings. The first-order valence-electron chi connectivity index (χ1n) is 7.87. The van der Waals surface area contributed by atoms with Crippen molar-refractivity contribution < 1.29 is 46.5 Å². The smallest absolute Gasteiger partial charge is 1.00 e. The van der Waals surface area contributed by atoms with Crippen LogP contribution in [0.15, 0.2) is 54.1 Å². The zero-order chi connectivity index (χ0) is 15.3. The number of rotatable bonds is 1. The van der Waals surface area contributed by atoms with E-state index in [0.717, 1.165) is 6.42 Å². The first-order valence-corrected chi connectivity index (χ1v) is 10.4. The number of allylic oxidation sites excluding steroid dienone is 4. The average Bonchev–Trinajstić information content (AvgIpc) is 3.09. The zero-order valence-corrected chi connectivity index (χ0v) is 18.7. The van der Waals surface area contributed by atoms with Gasteiger partial charge in [-0.1, -0.05) is 77.1 Å². The van der Waals surface area contributed by atoms with Crippen LogP contribution in [0.1, 0.15) is 24.5 Å². The van der Waals surface area contributed by atoms with Crippen molar-refractivity contribution in [3.8, 4) is 0 Å². The molecule has 2 aromatic carbocycles. The SMILES string of the molecule is CC1=C(c2c3c(ccc2=[Si](C)C)=c2ccccc2=[C-]3)CC=C1.[Cl-].[Cl-].[Ti+3]. The molecule has 0 bridgehead atoms. The van der Waals surface area contributed by atoms with Crippen LogP contribution in [-0.2, 0) is 21.7 Å². The molecule has 0 amide bonds. The summed E-state index contributed by atoms with van der Waals surface area (Å²) < 4.78 is 0. The van der Waals surface area contributed by atoms with Gasteiger partial charge in [-0.15, -0.1) is 33.4 Å². The van der Waals surface area contributed by atoms with Crippen LogP contribution >= 0.6 is 0 Å². The third kappa shape index (κ3) is 3.72. The van der Waals surface area contributed by atoms with E-state index in [1.807, 2.05) is 0 Å². The van der Waals surface area contributed by atoms with Gasteiger partial charge in [0, 0.05) is 8.41 Å². The summed E-state index contributed by atoms with van der Waals surface area (Å²) in [6, 6.07) is 13.3. The summed E-state index contributed by atoms with van der Waals surface area (Å²) in [5.74, 6) is 0. The second-order valence-corrected chi connectivity index (χ2v) is 8.89. The summed E-state index contributed by atoms with van der Waals surface area (Å²) in [5.41, 5.74) is 5.70. The standard InChI is InChI=1S/C21H19Si.2ClH.Ti/c1-14-7-6-10-16(14)21-19-13-15-8-4-5-9-17(15)18(19)11-12-20(21)22(2)3;;;/h4-9,11-12H,10H2,1-3H3;2*1H;/q-1;;;+3/p-2. The molecule has 0 N–H and O–H groups in total. The molecule has 0 atom stereocenters. The molecule has 2 aliphatic rings. The fourth-order valence-corrected chi connectivity index (χ4v) is 4.76. The Morgan fingerprint density at radius 1 is 0.960 bits per heavy atom. The van der Waals surface area contributed by atoms with E-state index < -0.39 is 8.41 Å². The Labute approximate surface area is 178 Å². The van der Waals surface area contributed by atoms with Gasteiger partial charge >= 0.3 is 21.7 Å². The van der Waals surface area contributed by atoms with Crippen molar-refractivity contribution in [3.05, 3.63) is 85.7 Å². The normalized spacial score (nSPS) is 13.1. The number of fused-ring (bicyclic) bond motifs is 2. The Morgan fingerprint density at radius 2 is 1.68 bits per heavy atom. The molecule has 0 saturated carbocycles. The Morgan fingerprint density at radius 3 is 2.32 bits per heavy atom. The molecule has 0 heterocycles. The fraction of sp³-hybridized carbons (Fsp3) is 0.190. The van der Waals surface area contributed by atoms with Crippen molar-refractivity contribution in [2.24, 2.45) is 0 Å². The first-order chi connectivity index (χ1) is 10.7. The molecule has 4 rings (SSSR count). The van der Waals surface area contributed by atoms with Gasteiger partial charge in [-0.3, -0.25) is 0 Å². The monoisotopic (exact) mass is 417 g/mol. The minimum atomic E-state index is -0.511. The number of benzene rings is 2. The quantitative estimate of drug-likeness (QED) is 0.327. The van der Waals surface area contributed by atoms with E-state index >= 15 is 0 Å². The molecule has 25 heavy (non-hydrogen) atoms. The molecule has 125 valence electrons. The van der Waals surface area contributed by atoms with E-state index in [4.69, 9.17) is 0 Å². The number of hydrogen-bond donors (Lipinski definition) is 0. The van der Waals surface area contributed by atoms with Gasteiger partial charge < -0.3 is 24.8 Å². The summed E-state index contributed by atoms with van der Waals surface area (Å²) >= 11 is 0. The third-order valence-electron chi connectivity index (χ3n) is 4.69. The Hall–Kier alpha value is -0.699. The molecule has 0 spiro atoms. The van der Waals surface area contributed by atoms with Gasteiger partial charge in [0.2, 0.25) is 0 Å². The van der Waals surface area contributed by atoms with Crippen LogP contribution < -0.4 is 30.0 Å². The second-order valence-electron chi connectivity index (χ2n) is 6.35. The Bertz CT molecular complexity index is 1080. The first kappa shape index (κ1) is 22.3. The van der Waals surface area contributed by atoms with Gasteiger partial charge in [-0.05, 0) is 13.3 Å². The van der Waals surface area contributed by atoms with Crippen molar-refractivity contribution in [1.29, 1.82) is 0 Å². The summed E-state index contributed by atoms with van der Waals surface area (Å²) in [7, 11) is -0.511. The van der Waals surface area contributed by atoms with Gasteiger partial charge in [-0.25, -0.2) is 0 Å². The molecule has 1 radical (unpaired) electrons. The molecule has 0 unspecified atom stereocenters. The van der Waals surface area contributed by atoms with Gasteiger partial charge in [0.1, 0.15) is 0 Å². The topological polar surface area (TPSA) is 0 Å². The van der Waals surface area contributed by atoms with Crippen LogP contribution in [0.25, 0.3) is 11.6 Å². The number of halogens is 2. The summed E-state index contributed by atoms with van der Waals surface area (Å²) in [6.45, 7) is 7.01. The molecule has 0 aromatic heterocycles. The van der Waals surface area contributed by atoms with E-state index in [9.17, 15) is 0 Å². The van der Waals surface area contributed by atoms with E-state index in [1.165, 1.54) is 37.9 Å². The van der Waals surface area contributed by atoms with Crippen LogP contribution in [0.4, 0.5) is 0 Å². The Balaban J connectivity index is 0.00000104. The maximum absolute atomic E-state index is 3.69. The predicted octanol–water partition coefficient (Wildman–Crippen LogP) is -1.68. The summed E-state index contributed by atoms with van der Waals surface area (Å²) in [4.78, 5) is 1.54. The third-order valence-corrected chi connectivity index (χ3v) is 6.18. The second kappa shape index (κ2) is 8.79. The predicted molar refractivity (Wildman–Crippen MR) is 95.4 cm³/mol. The average molecular weight is 418 g/mol. The van der Waals surface area contributed by atoms with E-state index in [2.05, 4.69) is 74.6 Å². The molecule has 0 aliphatic heterocycles. The molecule has 4 heteroatoms. The van der Waals surface area contributed by atoms with Crippen molar-refractivity contribution >= 4 is 20.1 Å². The summed E-state index contributed by atoms with van der Waals surface area (Å²) in [6.07, 6.45) is 9.30. The molecule has 0 saturated heterocycles. The molecule has 2 aromatic rings. The zero-order valence-electron chi connectivity index (χ0n) is 14.6. The maximum Gasteiger partial charge on any atom is 3.00 e. The van der Waals surface area contributed by atoms with Crippen molar-refractivity contribution in [2.45, 2.75) is 26.4 Å². The van der Waals surface area contributed by atoms with Gasteiger partial charge in [0.15, 0.2) is 0 Å². The molecular formula is C21H19Cl2SiTi. The van der Waals surface area contributed by atoms with Crippen LogP contribution in [0, 0.1) is 15.3 Å². The summed E-state index contributed by atoms with van der Waals surface area (Å²) in [5, 5.41) is 3.92. The van der Waals surface area contributed by atoms with Gasteiger partial charge in [0.25, 0.3) is 0 Å². The molecule has 2 aliphatic carbocycles. The van der Waals surface area contributed by atoms with Crippen molar-refractivity contribution in [3.63, 3.8) is 0 Å². The fourth-order valence-electron chi connectivity index (χ4n) is 3.56. The Kier molecular flexibility index (Phi) is 7.86. The van der Waals surface area contributed by atoms with Gasteiger partial charge in [-0.2, -0.15) is 0 Å². The largest absolute Gasteiger partial charge is 3.00 e. The van der Waals surface area contributed by atoms with Crippen molar-refractivity contribution in [1.82, 2.24) is 0 Å². The van der Waals surface area contributed by atoms with E-state index in [-0.39, 0.29) is 46.5 Å². The van der Waals surface area contributed by atoms with Crippen LogP contribution in [0.2, 0.25) is 13.1 Å². The minimum absolute atomic E-state index is 0. The van der Waals surface area contributed by atoms with E-state index in [1.54, 1.807) is 4.81 Å².